The maximum atomic E-state index is 10.0. The zero-order chi connectivity index (χ0) is 20.2. The first-order valence-corrected chi connectivity index (χ1v) is 9.77. The minimum Gasteiger partial charge on any atom is -0.388 e. The van der Waals surface area contributed by atoms with Crippen LogP contribution < -0.4 is 0 Å². The van der Waals surface area contributed by atoms with Gasteiger partial charge in [-0.05, 0) is 5.56 Å². The van der Waals surface area contributed by atoms with Crippen LogP contribution in [-0.2, 0) is 30.3 Å². The zero-order valence-corrected chi connectivity index (χ0v) is 16.9. The van der Waals surface area contributed by atoms with E-state index >= 15 is 0 Å². The maximum absolute atomic E-state index is 10.0. The van der Waals surface area contributed by atoms with Crippen LogP contribution in [0, 0.1) is 5.41 Å². The molecular weight excluding hydrogens is 364 g/mol. The van der Waals surface area contributed by atoms with Crippen molar-refractivity contribution >= 4 is 0 Å². The Kier molecular flexibility index (Phi) is 10.4. The summed E-state index contributed by atoms with van der Waals surface area (Å²) in [5.74, 6) is 0. The molecule has 1 heterocycles. The Morgan fingerprint density at radius 3 is 1.86 bits per heavy atom. The highest BCUT2D eigenvalue weighted by atomic mass is 16.6. The van der Waals surface area contributed by atoms with Crippen LogP contribution in [0.4, 0.5) is 0 Å². The topological polar surface area (TPSA) is 86.6 Å². The summed E-state index contributed by atoms with van der Waals surface area (Å²) in [6, 6.07) is 9.84. The van der Waals surface area contributed by atoms with E-state index in [1.807, 2.05) is 44.2 Å². The fourth-order valence-corrected chi connectivity index (χ4v) is 2.68. The van der Waals surface area contributed by atoms with E-state index in [0.717, 1.165) is 5.56 Å². The van der Waals surface area contributed by atoms with Crippen LogP contribution in [0.3, 0.4) is 0 Å². The van der Waals surface area contributed by atoms with E-state index in [4.69, 9.17) is 23.7 Å². The number of hydrogen-bond donors (Lipinski definition) is 2. The molecule has 2 unspecified atom stereocenters. The molecule has 1 aliphatic rings. The summed E-state index contributed by atoms with van der Waals surface area (Å²) >= 11 is 0. The van der Waals surface area contributed by atoms with Crippen LogP contribution in [0.2, 0.25) is 0 Å². The summed E-state index contributed by atoms with van der Waals surface area (Å²) < 4.78 is 28.3. The molecule has 0 radical (unpaired) electrons. The minimum absolute atomic E-state index is 0.157. The van der Waals surface area contributed by atoms with Crippen LogP contribution in [0.25, 0.3) is 0 Å². The van der Waals surface area contributed by atoms with Gasteiger partial charge >= 0.3 is 0 Å². The summed E-state index contributed by atoms with van der Waals surface area (Å²) in [4.78, 5) is 0. The van der Waals surface area contributed by atoms with Gasteiger partial charge in [0.1, 0.15) is 18.3 Å². The summed E-state index contributed by atoms with van der Waals surface area (Å²) in [6.07, 6.45) is -1.72. The van der Waals surface area contributed by atoms with Gasteiger partial charge in [0.05, 0.1) is 59.5 Å². The molecule has 7 heteroatoms. The van der Waals surface area contributed by atoms with Crippen molar-refractivity contribution in [2.75, 3.05) is 52.9 Å². The Morgan fingerprint density at radius 2 is 1.32 bits per heavy atom. The van der Waals surface area contributed by atoms with E-state index in [0.29, 0.717) is 19.8 Å². The van der Waals surface area contributed by atoms with Gasteiger partial charge in [0.2, 0.25) is 0 Å². The molecule has 0 bridgehead atoms. The second-order valence-corrected chi connectivity index (χ2v) is 8.00. The molecule has 28 heavy (non-hydrogen) atoms. The molecule has 160 valence electrons. The fraction of sp³-hybridized carbons (Fsp3) is 0.714. The van der Waals surface area contributed by atoms with Crippen LogP contribution in [0.15, 0.2) is 30.3 Å². The molecule has 2 rings (SSSR count). The van der Waals surface area contributed by atoms with Gasteiger partial charge in [-0.25, -0.2) is 0 Å². The molecule has 0 saturated carbocycles. The Balaban J connectivity index is 1.85. The van der Waals surface area contributed by atoms with Crippen molar-refractivity contribution < 1.29 is 33.9 Å². The van der Waals surface area contributed by atoms with Gasteiger partial charge in [0, 0.05) is 5.41 Å². The first-order valence-electron chi connectivity index (χ1n) is 9.77. The van der Waals surface area contributed by atoms with E-state index in [1.54, 1.807) is 0 Å². The predicted octanol–water partition coefficient (Wildman–Crippen LogP) is 1.40. The monoisotopic (exact) mass is 398 g/mol. The molecular formula is C21H34O7. The summed E-state index contributed by atoms with van der Waals surface area (Å²) in [5.41, 5.74) is 0.841. The number of aliphatic hydroxyl groups excluding tert-OH is 2. The molecule has 2 atom stereocenters. The van der Waals surface area contributed by atoms with E-state index in [-0.39, 0.29) is 51.2 Å². The standard InChI is InChI=1S/C21H34O7/c1-21(2)15-26-11-18(22)9-24-13-20(14-25-10-19(23)12-27-16-21)28-8-17-6-4-3-5-7-17/h3-7,18-20,22-23H,8-16H2,1-2H3. The van der Waals surface area contributed by atoms with Crippen molar-refractivity contribution in [3.8, 4) is 0 Å². The first kappa shape index (κ1) is 23.2. The number of aliphatic hydroxyl groups is 2. The lowest BCUT2D eigenvalue weighted by Crippen LogP contribution is -2.34. The second kappa shape index (κ2) is 12.5. The van der Waals surface area contributed by atoms with Crippen molar-refractivity contribution in [3.05, 3.63) is 35.9 Å². The van der Waals surface area contributed by atoms with E-state index in [1.165, 1.54) is 0 Å². The quantitative estimate of drug-likeness (QED) is 0.796. The molecule has 1 fully saturated rings. The molecule has 0 aromatic heterocycles. The first-order chi connectivity index (χ1) is 13.4. The van der Waals surface area contributed by atoms with Crippen molar-refractivity contribution in [2.24, 2.45) is 5.41 Å². The highest BCUT2D eigenvalue weighted by Crippen LogP contribution is 2.16. The lowest BCUT2D eigenvalue weighted by molar-refractivity contribution is -0.108. The third-order valence-electron chi connectivity index (χ3n) is 4.16. The average molecular weight is 398 g/mol. The fourth-order valence-electron chi connectivity index (χ4n) is 2.68. The molecule has 2 N–H and O–H groups in total. The predicted molar refractivity (Wildman–Crippen MR) is 104 cm³/mol. The highest BCUT2D eigenvalue weighted by Gasteiger charge is 2.21. The SMILES string of the molecule is CC1(C)COCC(O)COCC(OCc2ccccc2)COCC(O)COC1. The second-order valence-electron chi connectivity index (χ2n) is 8.00. The van der Waals surface area contributed by atoms with Crippen molar-refractivity contribution in [1.82, 2.24) is 0 Å². The Morgan fingerprint density at radius 1 is 0.821 bits per heavy atom. The Bertz CT molecular complexity index is 499. The zero-order valence-electron chi connectivity index (χ0n) is 16.9. The molecule has 0 spiro atoms. The lowest BCUT2D eigenvalue weighted by atomic mass is 9.96. The average Bonchev–Trinajstić information content (AvgIpc) is 2.65. The van der Waals surface area contributed by atoms with Crippen LogP contribution >= 0.6 is 0 Å². The van der Waals surface area contributed by atoms with Crippen molar-refractivity contribution in [3.63, 3.8) is 0 Å². The number of hydrogen-bond acceptors (Lipinski definition) is 7. The lowest BCUT2D eigenvalue weighted by Gasteiger charge is -2.26. The summed E-state index contributed by atoms with van der Waals surface area (Å²) in [5, 5.41) is 20.1. The number of benzene rings is 1. The third-order valence-corrected chi connectivity index (χ3v) is 4.16. The Labute approximate surface area is 167 Å². The molecule has 7 nitrogen and oxygen atoms in total. The van der Waals surface area contributed by atoms with Gasteiger partial charge in [-0.2, -0.15) is 0 Å². The minimum atomic E-state index is -0.706. The third kappa shape index (κ3) is 9.93. The molecule has 1 aliphatic heterocycles. The van der Waals surface area contributed by atoms with Crippen molar-refractivity contribution in [2.45, 2.75) is 38.8 Å². The summed E-state index contributed by atoms with van der Waals surface area (Å²) in [7, 11) is 0. The molecule has 1 aromatic carbocycles. The van der Waals surface area contributed by atoms with Gasteiger partial charge in [0.25, 0.3) is 0 Å². The van der Waals surface area contributed by atoms with Crippen LogP contribution in [0.5, 0.6) is 0 Å². The molecule has 0 amide bonds. The van der Waals surface area contributed by atoms with Gasteiger partial charge in [-0.1, -0.05) is 44.2 Å². The molecule has 0 aliphatic carbocycles. The van der Waals surface area contributed by atoms with Crippen LogP contribution in [0.1, 0.15) is 19.4 Å². The van der Waals surface area contributed by atoms with Crippen LogP contribution in [-0.4, -0.2) is 81.4 Å². The van der Waals surface area contributed by atoms with Crippen molar-refractivity contribution in [1.29, 1.82) is 0 Å². The normalized spacial score (nSPS) is 28.6. The smallest absolute Gasteiger partial charge is 0.105 e. The van der Waals surface area contributed by atoms with Gasteiger partial charge in [0.15, 0.2) is 0 Å². The van der Waals surface area contributed by atoms with Gasteiger partial charge < -0.3 is 33.9 Å². The maximum Gasteiger partial charge on any atom is 0.105 e. The number of rotatable bonds is 3. The largest absolute Gasteiger partial charge is 0.388 e. The highest BCUT2D eigenvalue weighted by molar-refractivity contribution is 5.13. The van der Waals surface area contributed by atoms with E-state index < -0.39 is 12.2 Å². The molecule has 1 aromatic rings. The van der Waals surface area contributed by atoms with E-state index in [9.17, 15) is 10.2 Å². The molecule has 1 saturated heterocycles. The van der Waals surface area contributed by atoms with Gasteiger partial charge in [-0.15, -0.1) is 0 Å². The summed E-state index contributed by atoms with van der Waals surface area (Å²) in [6.45, 7) is 6.60. The van der Waals surface area contributed by atoms with Gasteiger partial charge in [-0.3, -0.25) is 0 Å². The number of ether oxygens (including phenoxy) is 5. The van der Waals surface area contributed by atoms with E-state index in [2.05, 4.69) is 0 Å². The Hall–Kier alpha value is -1.06.